The van der Waals surface area contributed by atoms with Gasteiger partial charge in [0.2, 0.25) is 5.91 Å². The Morgan fingerprint density at radius 1 is 1.03 bits per heavy atom. The first-order valence-electron chi connectivity index (χ1n) is 13.4. The summed E-state index contributed by atoms with van der Waals surface area (Å²) in [7, 11) is 1.92. The van der Waals surface area contributed by atoms with E-state index in [0.29, 0.717) is 18.3 Å². The molecule has 0 radical (unpaired) electrons. The van der Waals surface area contributed by atoms with Crippen LogP contribution in [0, 0.1) is 34.5 Å². The molecular formula is C30H41NO3. The molecular weight excluding hydrogens is 422 g/mol. The van der Waals surface area contributed by atoms with Crippen molar-refractivity contribution in [3.8, 4) is 0 Å². The fraction of sp³-hybridized carbons (Fsp3) is 0.667. The molecule has 1 amide bonds. The van der Waals surface area contributed by atoms with Crippen molar-refractivity contribution in [2.24, 2.45) is 34.5 Å². The number of hydrogen-bond donors (Lipinski definition) is 0. The number of hydrogen-bond acceptors (Lipinski definition) is 3. The first-order chi connectivity index (χ1) is 16.2. The molecule has 7 atom stereocenters. The van der Waals surface area contributed by atoms with E-state index in [4.69, 9.17) is 4.74 Å². The molecule has 34 heavy (non-hydrogen) atoms. The summed E-state index contributed by atoms with van der Waals surface area (Å²) in [4.78, 5) is 26.6. The normalized spacial score (nSPS) is 38.7. The monoisotopic (exact) mass is 463 g/mol. The lowest BCUT2D eigenvalue weighted by atomic mass is 9.47. The highest BCUT2D eigenvalue weighted by atomic mass is 16.5. The van der Waals surface area contributed by atoms with Gasteiger partial charge in [0, 0.05) is 32.5 Å². The summed E-state index contributed by atoms with van der Waals surface area (Å²) in [6.07, 6.45) is 12.4. The van der Waals surface area contributed by atoms with Gasteiger partial charge in [-0.15, -0.1) is 0 Å². The number of nitrogens with zero attached hydrogens (tertiary/aromatic N) is 1. The molecule has 0 unspecified atom stereocenters. The SMILES string of the molecule is CC(=O)O[C@H]1CC[C@@]2(C)C(=CC[C@H]3[C@@H]4CC[C@H](CC(=O)N(C)c5ccccc5)[C@@]4(C)CC[C@@H]32)C1. The maximum absolute atomic E-state index is 13.2. The van der Waals surface area contributed by atoms with Crippen molar-refractivity contribution in [1.82, 2.24) is 0 Å². The quantitative estimate of drug-likeness (QED) is 0.376. The van der Waals surface area contributed by atoms with E-state index in [1.54, 1.807) is 5.57 Å². The number of amides is 1. The van der Waals surface area contributed by atoms with E-state index < -0.39 is 0 Å². The molecule has 0 spiro atoms. The highest BCUT2D eigenvalue weighted by Crippen LogP contribution is 2.66. The summed E-state index contributed by atoms with van der Waals surface area (Å²) in [5, 5.41) is 0. The fourth-order valence-electron chi connectivity index (χ4n) is 8.55. The fourth-order valence-corrected chi connectivity index (χ4v) is 8.55. The zero-order valence-corrected chi connectivity index (χ0v) is 21.4. The Kier molecular flexibility index (Phi) is 6.14. The number of carbonyl (C=O) groups excluding carboxylic acids is 2. The minimum absolute atomic E-state index is 0.0608. The molecule has 1 aromatic rings. The van der Waals surface area contributed by atoms with Crippen molar-refractivity contribution in [1.29, 1.82) is 0 Å². The number of esters is 1. The summed E-state index contributed by atoms with van der Waals surface area (Å²) < 4.78 is 5.59. The van der Waals surface area contributed by atoms with Gasteiger partial charge in [-0.3, -0.25) is 9.59 Å². The van der Waals surface area contributed by atoms with Gasteiger partial charge < -0.3 is 9.64 Å². The summed E-state index contributed by atoms with van der Waals surface area (Å²) in [5.74, 6) is 2.75. The third-order valence-electron chi connectivity index (χ3n) is 10.5. The van der Waals surface area contributed by atoms with Crippen LogP contribution >= 0.6 is 0 Å². The number of rotatable bonds is 4. The number of allylic oxidation sites excluding steroid dienone is 1. The van der Waals surface area contributed by atoms with Gasteiger partial charge in [-0.2, -0.15) is 0 Å². The van der Waals surface area contributed by atoms with Crippen LogP contribution in [-0.2, 0) is 14.3 Å². The molecule has 4 aliphatic carbocycles. The number of ether oxygens (including phenoxy) is 1. The minimum Gasteiger partial charge on any atom is -0.462 e. The average molecular weight is 464 g/mol. The molecule has 0 saturated heterocycles. The van der Waals surface area contributed by atoms with Crippen LogP contribution in [-0.4, -0.2) is 25.0 Å². The van der Waals surface area contributed by atoms with Gasteiger partial charge in [0.25, 0.3) is 0 Å². The highest BCUT2D eigenvalue weighted by Gasteiger charge is 2.58. The van der Waals surface area contributed by atoms with E-state index in [-0.39, 0.29) is 28.8 Å². The lowest BCUT2D eigenvalue weighted by molar-refractivity contribution is -0.148. The molecule has 3 fully saturated rings. The zero-order valence-electron chi connectivity index (χ0n) is 21.4. The molecule has 0 N–H and O–H groups in total. The van der Waals surface area contributed by atoms with Crippen LogP contribution in [0.2, 0.25) is 0 Å². The third kappa shape index (κ3) is 3.91. The maximum Gasteiger partial charge on any atom is 0.302 e. The highest BCUT2D eigenvalue weighted by molar-refractivity contribution is 5.92. The van der Waals surface area contributed by atoms with Gasteiger partial charge in [0.05, 0.1) is 0 Å². The Morgan fingerprint density at radius 3 is 2.53 bits per heavy atom. The molecule has 4 nitrogen and oxygen atoms in total. The predicted molar refractivity (Wildman–Crippen MR) is 135 cm³/mol. The van der Waals surface area contributed by atoms with Crippen molar-refractivity contribution in [3.63, 3.8) is 0 Å². The standard InChI is InChI=1S/C30H41NO3/c1-20(32)34-24-14-16-29(2)21(18-24)10-12-25-26-13-11-22(30(26,3)17-15-27(25)29)19-28(33)31(4)23-8-6-5-7-9-23/h5-10,22,24-27H,11-19H2,1-4H3/t22-,24+,25+,26+,27+,29+,30-/m1/s1. The van der Waals surface area contributed by atoms with Crippen molar-refractivity contribution < 1.29 is 14.3 Å². The molecule has 184 valence electrons. The molecule has 0 heterocycles. The molecule has 0 bridgehead atoms. The number of carbonyl (C=O) groups is 2. The second-order valence-electron chi connectivity index (χ2n) is 12.0. The van der Waals surface area contributed by atoms with Gasteiger partial charge in [-0.25, -0.2) is 0 Å². The summed E-state index contributed by atoms with van der Waals surface area (Å²) in [5.41, 5.74) is 3.05. The van der Waals surface area contributed by atoms with Crippen LogP contribution in [0.5, 0.6) is 0 Å². The number of fused-ring (bicyclic) bond motifs is 5. The molecule has 3 saturated carbocycles. The lowest BCUT2D eigenvalue weighted by Gasteiger charge is -2.58. The smallest absolute Gasteiger partial charge is 0.302 e. The molecule has 4 aliphatic rings. The van der Waals surface area contributed by atoms with Gasteiger partial charge in [0.15, 0.2) is 0 Å². The van der Waals surface area contributed by atoms with Gasteiger partial charge in [-0.05, 0) is 91.6 Å². The Hall–Kier alpha value is -2.10. The van der Waals surface area contributed by atoms with Crippen molar-refractivity contribution in [3.05, 3.63) is 42.0 Å². The topological polar surface area (TPSA) is 46.6 Å². The molecule has 0 aromatic heterocycles. The van der Waals surface area contributed by atoms with Crippen LogP contribution in [0.15, 0.2) is 42.0 Å². The molecule has 0 aliphatic heterocycles. The Balaban J connectivity index is 1.30. The van der Waals surface area contributed by atoms with Gasteiger partial charge in [0.1, 0.15) is 6.10 Å². The third-order valence-corrected chi connectivity index (χ3v) is 10.5. The van der Waals surface area contributed by atoms with Gasteiger partial charge >= 0.3 is 5.97 Å². The molecule has 5 rings (SSSR count). The maximum atomic E-state index is 13.2. The van der Waals surface area contributed by atoms with Gasteiger partial charge in [-0.1, -0.05) is 43.7 Å². The average Bonchev–Trinajstić information content (AvgIpc) is 3.15. The van der Waals surface area contributed by atoms with Crippen molar-refractivity contribution >= 4 is 17.6 Å². The zero-order chi connectivity index (χ0) is 24.1. The van der Waals surface area contributed by atoms with E-state index in [0.717, 1.165) is 43.2 Å². The van der Waals surface area contributed by atoms with E-state index >= 15 is 0 Å². The van der Waals surface area contributed by atoms with E-state index in [1.807, 2.05) is 42.3 Å². The summed E-state index contributed by atoms with van der Waals surface area (Å²) >= 11 is 0. The van der Waals surface area contributed by atoms with E-state index in [9.17, 15) is 9.59 Å². The van der Waals surface area contributed by atoms with Crippen molar-refractivity contribution in [2.45, 2.75) is 84.7 Å². The first kappa shape index (κ1) is 23.6. The lowest BCUT2D eigenvalue weighted by Crippen LogP contribution is -2.50. The second kappa shape index (κ2) is 8.84. The Morgan fingerprint density at radius 2 is 1.79 bits per heavy atom. The number of para-hydroxylation sites is 1. The second-order valence-corrected chi connectivity index (χ2v) is 12.0. The molecule has 1 aromatic carbocycles. The van der Waals surface area contributed by atoms with Crippen LogP contribution in [0.4, 0.5) is 5.69 Å². The largest absolute Gasteiger partial charge is 0.462 e. The van der Waals surface area contributed by atoms with E-state index in [1.165, 1.54) is 32.6 Å². The number of benzene rings is 1. The first-order valence-corrected chi connectivity index (χ1v) is 13.4. The molecule has 4 heteroatoms. The number of anilines is 1. The minimum atomic E-state index is -0.152. The Labute approximate surface area is 205 Å². The summed E-state index contributed by atoms with van der Waals surface area (Å²) in [6, 6.07) is 10.0. The van der Waals surface area contributed by atoms with Crippen LogP contribution in [0.25, 0.3) is 0 Å². The van der Waals surface area contributed by atoms with Crippen LogP contribution in [0.3, 0.4) is 0 Å². The van der Waals surface area contributed by atoms with Crippen LogP contribution in [0.1, 0.15) is 78.6 Å². The van der Waals surface area contributed by atoms with Crippen molar-refractivity contribution in [2.75, 3.05) is 11.9 Å². The Bertz CT molecular complexity index is 971. The summed E-state index contributed by atoms with van der Waals surface area (Å²) in [6.45, 7) is 6.52. The predicted octanol–water partition coefficient (Wildman–Crippen LogP) is 6.55. The van der Waals surface area contributed by atoms with Crippen LogP contribution < -0.4 is 4.90 Å². The van der Waals surface area contributed by atoms with E-state index in [2.05, 4.69) is 19.9 Å².